The largest absolute Gasteiger partial charge is 0.478 e. The van der Waals surface area contributed by atoms with E-state index in [2.05, 4.69) is 42.7 Å². The Balaban J connectivity index is 2.05. The molecule has 0 radical (unpaired) electrons. The lowest BCUT2D eigenvalue weighted by molar-refractivity contribution is 0.0696. The summed E-state index contributed by atoms with van der Waals surface area (Å²) in [6.07, 6.45) is 0. The van der Waals surface area contributed by atoms with Crippen molar-refractivity contribution >= 4 is 5.97 Å². The Bertz CT molecular complexity index is 898. The normalized spacial score (nSPS) is 10.8. The number of aryl methyl sites for hydroxylation is 3. The monoisotopic (exact) mass is 319 g/mol. The maximum Gasteiger partial charge on any atom is 0.335 e. The van der Waals surface area contributed by atoms with E-state index in [1.807, 2.05) is 32.0 Å². The Morgan fingerprint density at radius 3 is 1.96 bits per heavy atom. The molecule has 0 bridgehead atoms. The van der Waals surface area contributed by atoms with Gasteiger partial charge in [0.15, 0.2) is 0 Å². The molecule has 1 aromatic heterocycles. The second-order valence-electron chi connectivity index (χ2n) is 6.27. The van der Waals surface area contributed by atoms with E-state index in [4.69, 9.17) is 0 Å². The molecule has 1 N–H and O–H groups in total. The van der Waals surface area contributed by atoms with Gasteiger partial charge in [-0.25, -0.2) is 4.79 Å². The first kappa shape index (κ1) is 16.1. The van der Waals surface area contributed by atoms with Gasteiger partial charge in [-0.1, -0.05) is 18.2 Å². The molecule has 0 saturated heterocycles. The van der Waals surface area contributed by atoms with Crippen molar-refractivity contribution in [3.05, 3.63) is 76.6 Å². The molecule has 0 aliphatic rings. The molecule has 3 aromatic rings. The number of carboxylic acids is 1. The van der Waals surface area contributed by atoms with E-state index in [0.717, 1.165) is 27.9 Å². The molecule has 24 heavy (non-hydrogen) atoms. The highest BCUT2D eigenvalue weighted by Gasteiger charge is 2.12. The second-order valence-corrected chi connectivity index (χ2v) is 6.27. The van der Waals surface area contributed by atoms with E-state index in [1.54, 1.807) is 6.07 Å². The van der Waals surface area contributed by atoms with Crippen LogP contribution in [-0.4, -0.2) is 15.6 Å². The molecule has 122 valence electrons. The number of rotatable bonds is 3. The van der Waals surface area contributed by atoms with Crippen molar-refractivity contribution in [3.63, 3.8) is 0 Å². The van der Waals surface area contributed by atoms with Gasteiger partial charge in [0.2, 0.25) is 0 Å². The van der Waals surface area contributed by atoms with Crippen LogP contribution in [0, 0.1) is 27.7 Å². The third kappa shape index (κ3) is 2.73. The summed E-state index contributed by atoms with van der Waals surface area (Å²) in [4.78, 5) is 11.4. The van der Waals surface area contributed by atoms with Crippen LogP contribution in [0.5, 0.6) is 0 Å². The molecule has 2 aromatic carbocycles. The summed E-state index contributed by atoms with van der Waals surface area (Å²) in [7, 11) is 0. The smallest absolute Gasteiger partial charge is 0.335 e. The van der Waals surface area contributed by atoms with Gasteiger partial charge in [-0.05, 0) is 80.3 Å². The molecule has 0 aliphatic carbocycles. The maximum atomic E-state index is 11.4. The van der Waals surface area contributed by atoms with E-state index < -0.39 is 5.97 Å². The van der Waals surface area contributed by atoms with E-state index in [1.165, 1.54) is 11.4 Å². The van der Waals surface area contributed by atoms with Crippen LogP contribution in [0.1, 0.15) is 32.9 Å². The molecule has 0 spiro atoms. The Morgan fingerprint density at radius 2 is 1.42 bits per heavy atom. The predicted octanol–water partition coefficient (Wildman–Crippen LogP) is 5.08. The lowest BCUT2D eigenvalue weighted by Gasteiger charge is -2.12. The summed E-state index contributed by atoms with van der Waals surface area (Å²) in [5, 5.41) is 9.39. The van der Waals surface area contributed by atoms with E-state index in [9.17, 15) is 9.90 Å². The van der Waals surface area contributed by atoms with Crippen molar-refractivity contribution in [3.8, 4) is 16.8 Å². The lowest BCUT2D eigenvalue weighted by atomic mass is 9.95. The number of hydrogen-bond acceptors (Lipinski definition) is 1. The number of aromatic nitrogens is 1. The zero-order chi connectivity index (χ0) is 17.4. The van der Waals surface area contributed by atoms with Crippen LogP contribution < -0.4 is 0 Å². The molecule has 1 heterocycles. The number of benzene rings is 2. The van der Waals surface area contributed by atoms with Gasteiger partial charge >= 0.3 is 5.97 Å². The van der Waals surface area contributed by atoms with Crippen molar-refractivity contribution in [2.24, 2.45) is 0 Å². The molecule has 3 heteroatoms. The minimum Gasteiger partial charge on any atom is -0.478 e. The lowest BCUT2D eigenvalue weighted by Crippen LogP contribution is -2.02. The van der Waals surface area contributed by atoms with Crippen LogP contribution in [0.2, 0.25) is 0 Å². The number of hydrogen-bond donors (Lipinski definition) is 1. The van der Waals surface area contributed by atoms with Crippen LogP contribution in [0.3, 0.4) is 0 Å². The van der Waals surface area contributed by atoms with Gasteiger partial charge in [0.05, 0.1) is 5.56 Å². The van der Waals surface area contributed by atoms with Gasteiger partial charge in [0.1, 0.15) is 0 Å². The van der Waals surface area contributed by atoms with Gasteiger partial charge in [-0.3, -0.25) is 0 Å². The van der Waals surface area contributed by atoms with Crippen molar-refractivity contribution in [2.75, 3.05) is 0 Å². The molecule has 3 rings (SSSR count). The summed E-state index contributed by atoms with van der Waals surface area (Å²) in [5.74, 6) is -0.882. The number of carboxylic acid groups (broad SMARTS) is 1. The summed E-state index contributed by atoms with van der Waals surface area (Å²) in [6, 6.07) is 16.2. The Kier molecular flexibility index (Phi) is 4.02. The third-order valence-electron chi connectivity index (χ3n) is 4.63. The van der Waals surface area contributed by atoms with Gasteiger partial charge in [-0.15, -0.1) is 0 Å². The van der Waals surface area contributed by atoms with Crippen molar-refractivity contribution < 1.29 is 9.90 Å². The molecule has 3 nitrogen and oxygen atoms in total. The number of aromatic carboxylic acids is 1. The highest BCUT2D eigenvalue weighted by molar-refractivity contribution is 5.91. The summed E-state index contributed by atoms with van der Waals surface area (Å²) in [5.41, 5.74) is 7.63. The maximum absolute atomic E-state index is 11.4. The highest BCUT2D eigenvalue weighted by atomic mass is 16.4. The minimum absolute atomic E-state index is 0.367. The van der Waals surface area contributed by atoms with Crippen molar-refractivity contribution in [1.29, 1.82) is 0 Å². The highest BCUT2D eigenvalue weighted by Crippen LogP contribution is 2.27. The van der Waals surface area contributed by atoms with Crippen molar-refractivity contribution in [2.45, 2.75) is 27.7 Å². The molecule has 0 aliphatic heterocycles. The van der Waals surface area contributed by atoms with Crippen LogP contribution in [0.25, 0.3) is 16.8 Å². The van der Waals surface area contributed by atoms with Crippen LogP contribution >= 0.6 is 0 Å². The SMILES string of the molecule is Cc1cc(-c2ccc(-n3c(C)ccc3C)cc2)cc(C(=O)O)c1C. The van der Waals surface area contributed by atoms with Gasteiger partial charge in [-0.2, -0.15) is 0 Å². The first-order valence-corrected chi connectivity index (χ1v) is 7.99. The zero-order valence-electron chi connectivity index (χ0n) is 14.4. The van der Waals surface area contributed by atoms with Crippen molar-refractivity contribution in [1.82, 2.24) is 4.57 Å². The molecule has 0 unspecified atom stereocenters. The Morgan fingerprint density at radius 1 is 0.833 bits per heavy atom. The van der Waals surface area contributed by atoms with Crippen LogP contribution in [0.15, 0.2) is 48.5 Å². The Hall–Kier alpha value is -2.81. The van der Waals surface area contributed by atoms with Gasteiger partial charge < -0.3 is 9.67 Å². The third-order valence-corrected chi connectivity index (χ3v) is 4.63. The summed E-state index contributed by atoms with van der Waals surface area (Å²) < 4.78 is 2.20. The topological polar surface area (TPSA) is 42.2 Å². The molecular formula is C21H21NO2. The van der Waals surface area contributed by atoms with Gasteiger partial charge in [0.25, 0.3) is 0 Å². The fourth-order valence-corrected chi connectivity index (χ4v) is 3.13. The predicted molar refractivity (Wildman–Crippen MR) is 97.1 cm³/mol. The fraction of sp³-hybridized carbons (Fsp3) is 0.190. The average Bonchev–Trinajstić information content (AvgIpc) is 2.88. The number of nitrogens with zero attached hydrogens (tertiary/aromatic N) is 1. The van der Waals surface area contributed by atoms with E-state index >= 15 is 0 Å². The standard InChI is InChI=1S/C21H21NO2/c1-13-11-18(12-20(16(13)4)21(23)24)17-7-9-19(10-8-17)22-14(2)5-6-15(22)3/h5-12H,1-4H3,(H,23,24). The zero-order valence-corrected chi connectivity index (χ0v) is 14.4. The van der Waals surface area contributed by atoms with Gasteiger partial charge in [0, 0.05) is 17.1 Å². The molecule has 0 fully saturated rings. The minimum atomic E-state index is -0.882. The first-order chi connectivity index (χ1) is 11.4. The fourth-order valence-electron chi connectivity index (χ4n) is 3.13. The van der Waals surface area contributed by atoms with Crippen LogP contribution in [-0.2, 0) is 0 Å². The van der Waals surface area contributed by atoms with E-state index in [-0.39, 0.29) is 0 Å². The molecule has 0 saturated carbocycles. The summed E-state index contributed by atoms with van der Waals surface area (Å²) >= 11 is 0. The quantitative estimate of drug-likeness (QED) is 0.732. The van der Waals surface area contributed by atoms with Crippen LogP contribution in [0.4, 0.5) is 0 Å². The molecule has 0 amide bonds. The summed E-state index contributed by atoms with van der Waals surface area (Å²) in [6.45, 7) is 7.97. The average molecular weight is 319 g/mol. The van der Waals surface area contributed by atoms with E-state index in [0.29, 0.717) is 5.56 Å². The molecular weight excluding hydrogens is 298 g/mol. The first-order valence-electron chi connectivity index (χ1n) is 7.99. The Labute approximate surface area is 142 Å². The molecule has 0 atom stereocenters. The second kappa shape index (κ2) is 6.00. The number of carbonyl (C=O) groups is 1.